The lowest BCUT2D eigenvalue weighted by atomic mass is 9.92. The van der Waals surface area contributed by atoms with Crippen LogP contribution in [0.15, 0.2) is 48.5 Å². The fraction of sp³-hybridized carbons (Fsp3) is 0.381. The zero-order valence-corrected chi connectivity index (χ0v) is 16.0. The number of benzene rings is 2. The van der Waals surface area contributed by atoms with E-state index in [4.69, 9.17) is 5.26 Å². The first kappa shape index (κ1) is 18.6. The van der Waals surface area contributed by atoms with E-state index >= 15 is 0 Å². The van der Waals surface area contributed by atoms with Gasteiger partial charge in [0.1, 0.15) is 0 Å². The van der Waals surface area contributed by atoms with E-state index in [-0.39, 0.29) is 12.0 Å². The summed E-state index contributed by atoms with van der Waals surface area (Å²) < 4.78 is 27.3. The van der Waals surface area contributed by atoms with Gasteiger partial charge in [-0.3, -0.25) is 0 Å². The zero-order chi connectivity index (χ0) is 18.7. The molecule has 0 radical (unpaired) electrons. The predicted molar refractivity (Wildman–Crippen MR) is 104 cm³/mol. The lowest BCUT2D eigenvalue weighted by Crippen LogP contribution is -2.40. The van der Waals surface area contributed by atoms with Crippen molar-refractivity contribution >= 4 is 10.0 Å². The summed E-state index contributed by atoms with van der Waals surface area (Å²) in [6, 6.07) is 18.0. The molecule has 0 bridgehead atoms. The fourth-order valence-electron chi connectivity index (χ4n) is 3.51. The Balaban J connectivity index is 1.78. The molecule has 0 saturated heterocycles. The van der Waals surface area contributed by atoms with Crippen molar-refractivity contribution in [2.24, 2.45) is 0 Å². The molecule has 3 rings (SSSR count). The van der Waals surface area contributed by atoms with E-state index in [0.717, 1.165) is 30.4 Å². The van der Waals surface area contributed by atoms with Gasteiger partial charge in [0.05, 0.1) is 16.9 Å². The zero-order valence-electron chi connectivity index (χ0n) is 15.1. The second-order valence-corrected chi connectivity index (χ2v) is 9.44. The Bertz CT molecular complexity index is 895. The molecular formula is C21H24N2O2S. The number of nitrogens with one attached hydrogen (secondary N) is 1. The Morgan fingerprint density at radius 2 is 1.58 bits per heavy atom. The number of hydrogen-bond donors (Lipinski definition) is 1. The Kier molecular flexibility index (Phi) is 5.45. The van der Waals surface area contributed by atoms with Crippen LogP contribution in [0, 0.1) is 11.3 Å². The van der Waals surface area contributed by atoms with Crippen molar-refractivity contribution in [3.8, 4) is 17.2 Å². The van der Waals surface area contributed by atoms with Crippen LogP contribution in [0.3, 0.4) is 0 Å². The first-order valence-corrected chi connectivity index (χ1v) is 10.6. The van der Waals surface area contributed by atoms with Crippen LogP contribution in [0.4, 0.5) is 0 Å². The van der Waals surface area contributed by atoms with E-state index < -0.39 is 15.3 Å². The Hall–Kier alpha value is -2.16. The third-order valence-electron chi connectivity index (χ3n) is 5.14. The SMILES string of the molecule is CC(C)S(=O)(=O)N[C@@H]1CCC[C@H]1c1ccc(-c2ccc(C#N)cc2)cc1. The van der Waals surface area contributed by atoms with Gasteiger partial charge in [-0.25, -0.2) is 13.1 Å². The molecule has 2 atom stereocenters. The summed E-state index contributed by atoms with van der Waals surface area (Å²) in [5.74, 6) is 0.221. The van der Waals surface area contributed by atoms with E-state index in [1.165, 1.54) is 5.56 Å². The molecule has 1 aliphatic rings. The van der Waals surface area contributed by atoms with Crippen LogP contribution in [0.5, 0.6) is 0 Å². The summed E-state index contributed by atoms with van der Waals surface area (Å²) in [6.07, 6.45) is 2.92. The maximum absolute atomic E-state index is 12.2. The minimum absolute atomic E-state index is 0.0248. The van der Waals surface area contributed by atoms with Crippen LogP contribution in [-0.2, 0) is 10.0 Å². The first-order chi connectivity index (χ1) is 12.4. The first-order valence-electron chi connectivity index (χ1n) is 9.02. The van der Waals surface area contributed by atoms with Crippen LogP contribution in [0.25, 0.3) is 11.1 Å². The second kappa shape index (κ2) is 7.61. The van der Waals surface area contributed by atoms with Gasteiger partial charge in [-0.05, 0) is 55.5 Å². The molecule has 26 heavy (non-hydrogen) atoms. The van der Waals surface area contributed by atoms with Crippen molar-refractivity contribution in [3.05, 3.63) is 59.7 Å². The van der Waals surface area contributed by atoms with Crippen LogP contribution >= 0.6 is 0 Å². The van der Waals surface area contributed by atoms with E-state index in [1.54, 1.807) is 13.8 Å². The van der Waals surface area contributed by atoms with Crippen molar-refractivity contribution in [3.63, 3.8) is 0 Å². The standard InChI is InChI=1S/C21H24N2O2S/c1-15(2)26(24,25)23-21-5-3-4-20(21)19-12-10-18(11-13-19)17-8-6-16(14-22)7-9-17/h6-13,15,20-21,23H,3-5H2,1-2H3/t20-,21+/m0/s1. The van der Waals surface area contributed by atoms with Crippen LogP contribution in [0.2, 0.25) is 0 Å². The monoisotopic (exact) mass is 368 g/mol. The lowest BCUT2D eigenvalue weighted by Gasteiger charge is -2.22. The molecule has 0 amide bonds. The lowest BCUT2D eigenvalue weighted by molar-refractivity contribution is 0.519. The van der Waals surface area contributed by atoms with Crippen molar-refractivity contribution < 1.29 is 8.42 Å². The topological polar surface area (TPSA) is 70.0 Å². The Labute approximate surface area is 155 Å². The number of sulfonamides is 1. The largest absolute Gasteiger partial charge is 0.214 e. The summed E-state index contributed by atoms with van der Waals surface area (Å²) in [4.78, 5) is 0. The summed E-state index contributed by atoms with van der Waals surface area (Å²) in [7, 11) is -3.26. The molecule has 1 aliphatic carbocycles. The molecule has 1 N–H and O–H groups in total. The van der Waals surface area contributed by atoms with Gasteiger partial charge < -0.3 is 0 Å². The normalized spacial score (nSPS) is 20.2. The van der Waals surface area contributed by atoms with Gasteiger partial charge in [-0.1, -0.05) is 42.8 Å². The van der Waals surface area contributed by atoms with Crippen LogP contribution < -0.4 is 4.72 Å². The van der Waals surface area contributed by atoms with Crippen molar-refractivity contribution in [1.29, 1.82) is 5.26 Å². The molecular weight excluding hydrogens is 344 g/mol. The second-order valence-electron chi connectivity index (χ2n) is 7.17. The Morgan fingerprint density at radius 3 is 2.12 bits per heavy atom. The molecule has 1 saturated carbocycles. The molecule has 0 aliphatic heterocycles. The van der Waals surface area contributed by atoms with Gasteiger partial charge in [0.2, 0.25) is 10.0 Å². The van der Waals surface area contributed by atoms with Gasteiger partial charge in [0, 0.05) is 12.0 Å². The average molecular weight is 369 g/mol. The van der Waals surface area contributed by atoms with Crippen molar-refractivity contribution in [1.82, 2.24) is 4.72 Å². The van der Waals surface area contributed by atoms with Gasteiger partial charge >= 0.3 is 0 Å². The van der Waals surface area contributed by atoms with Crippen LogP contribution in [-0.4, -0.2) is 19.7 Å². The maximum atomic E-state index is 12.2. The minimum atomic E-state index is -3.26. The van der Waals surface area contributed by atoms with Gasteiger partial charge in [-0.15, -0.1) is 0 Å². The number of nitriles is 1. The molecule has 2 aromatic carbocycles. The maximum Gasteiger partial charge on any atom is 0.214 e. The highest BCUT2D eigenvalue weighted by atomic mass is 32.2. The molecule has 136 valence electrons. The summed E-state index contributed by atoms with van der Waals surface area (Å²) in [5.41, 5.74) is 3.99. The van der Waals surface area contributed by atoms with Crippen molar-refractivity contribution in [2.75, 3.05) is 0 Å². The predicted octanol–water partition coefficient (Wildman–Crippen LogP) is 4.19. The van der Waals surface area contributed by atoms with Crippen molar-refractivity contribution in [2.45, 2.75) is 50.3 Å². The van der Waals surface area contributed by atoms with E-state index in [9.17, 15) is 8.42 Å². The van der Waals surface area contributed by atoms with Gasteiger partial charge in [0.15, 0.2) is 0 Å². The highest BCUT2D eigenvalue weighted by Crippen LogP contribution is 2.36. The Morgan fingerprint density at radius 1 is 1.00 bits per heavy atom. The molecule has 1 fully saturated rings. The number of nitrogens with zero attached hydrogens (tertiary/aromatic N) is 1. The fourth-order valence-corrected chi connectivity index (χ4v) is 4.48. The van der Waals surface area contributed by atoms with Gasteiger partial charge in [0.25, 0.3) is 0 Å². The third-order valence-corrected chi connectivity index (χ3v) is 7.01. The molecule has 0 aromatic heterocycles. The summed E-state index contributed by atoms with van der Waals surface area (Å²) >= 11 is 0. The summed E-state index contributed by atoms with van der Waals surface area (Å²) in [6.45, 7) is 3.41. The van der Waals surface area contributed by atoms with Crippen LogP contribution in [0.1, 0.15) is 50.2 Å². The highest BCUT2D eigenvalue weighted by Gasteiger charge is 2.32. The van der Waals surface area contributed by atoms with E-state index in [1.807, 2.05) is 24.3 Å². The molecule has 0 spiro atoms. The highest BCUT2D eigenvalue weighted by molar-refractivity contribution is 7.90. The molecule has 5 heteroatoms. The quantitative estimate of drug-likeness (QED) is 0.860. The minimum Gasteiger partial charge on any atom is -0.212 e. The third kappa shape index (κ3) is 3.98. The number of hydrogen-bond acceptors (Lipinski definition) is 3. The van der Waals surface area contributed by atoms with E-state index in [0.29, 0.717) is 5.56 Å². The average Bonchev–Trinajstić information content (AvgIpc) is 3.09. The number of rotatable bonds is 5. The summed E-state index contributed by atoms with van der Waals surface area (Å²) in [5, 5.41) is 8.48. The molecule has 4 nitrogen and oxygen atoms in total. The molecule has 0 unspecified atom stereocenters. The smallest absolute Gasteiger partial charge is 0.212 e. The molecule has 0 heterocycles. The molecule has 2 aromatic rings. The van der Waals surface area contributed by atoms with Gasteiger partial charge in [-0.2, -0.15) is 5.26 Å². The van der Waals surface area contributed by atoms with E-state index in [2.05, 4.69) is 35.1 Å².